The van der Waals surface area contributed by atoms with Gasteiger partial charge in [0.15, 0.2) is 11.2 Å². The summed E-state index contributed by atoms with van der Waals surface area (Å²) in [6, 6.07) is 7.41. The molecule has 2 aromatic heterocycles. The summed E-state index contributed by atoms with van der Waals surface area (Å²) in [6.07, 6.45) is -3.48. The lowest BCUT2D eigenvalue weighted by Gasteiger charge is -2.10. The van der Waals surface area contributed by atoms with Crippen molar-refractivity contribution in [3.8, 4) is 11.5 Å². The molecule has 2 heterocycles. The predicted octanol–water partition coefficient (Wildman–Crippen LogP) is 4.04. The van der Waals surface area contributed by atoms with Crippen molar-refractivity contribution in [3.05, 3.63) is 41.6 Å². The third kappa shape index (κ3) is 3.11. The first kappa shape index (κ1) is 15.3. The van der Waals surface area contributed by atoms with Crippen LogP contribution in [0.1, 0.15) is 0 Å². The van der Waals surface area contributed by atoms with Gasteiger partial charge in [-0.05, 0) is 30.3 Å². The van der Waals surface area contributed by atoms with E-state index in [0.717, 1.165) is 0 Å². The molecule has 0 aliphatic heterocycles. The Bertz CT molecular complexity index is 859. The van der Waals surface area contributed by atoms with Crippen LogP contribution in [0.4, 0.5) is 18.9 Å². The predicted molar refractivity (Wildman–Crippen MR) is 76.9 cm³/mol. The first-order valence-electron chi connectivity index (χ1n) is 6.24. The largest absolute Gasteiger partial charge is 0.471 e. The van der Waals surface area contributed by atoms with Crippen LogP contribution in [-0.2, 0) is 4.79 Å². The molecule has 9 heteroatoms. The lowest BCUT2D eigenvalue weighted by molar-refractivity contribution is -0.167. The standard InChI is InChI=1S/C14H7ClF3N3O2/c15-8-4-3-7(6-9(8)20-13(22)14(16,17)18)12-21-11-10(23-12)2-1-5-19-11/h1-6H,(H,20,22). The Morgan fingerprint density at radius 3 is 2.74 bits per heavy atom. The Morgan fingerprint density at radius 2 is 2.04 bits per heavy atom. The van der Waals surface area contributed by atoms with Crippen LogP contribution in [0.3, 0.4) is 0 Å². The maximum absolute atomic E-state index is 12.3. The molecule has 1 amide bonds. The zero-order valence-corrected chi connectivity index (χ0v) is 11.9. The highest BCUT2D eigenvalue weighted by molar-refractivity contribution is 6.33. The molecule has 0 unspecified atom stereocenters. The number of anilines is 1. The van der Waals surface area contributed by atoms with Crippen LogP contribution in [0.25, 0.3) is 22.7 Å². The number of benzene rings is 1. The van der Waals surface area contributed by atoms with Crippen molar-refractivity contribution >= 4 is 34.4 Å². The average Bonchev–Trinajstić information content (AvgIpc) is 2.92. The van der Waals surface area contributed by atoms with Crippen molar-refractivity contribution in [1.29, 1.82) is 0 Å². The number of carbonyl (C=O) groups excluding carboxylic acids is 1. The van der Waals surface area contributed by atoms with E-state index in [1.165, 1.54) is 24.4 Å². The summed E-state index contributed by atoms with van der Waals surface area (Å²) >= 11 is 5.81. The van der Waals surface area contributed by atoms with Gasteiger partial charge in [-0.2, -0.15) is 18.2 Å². The second kappa shape index (κ2) is 5.54. The zero-order valence-electron chi connectivity index (χ0n) is 11.2. The molecule has 0 radical (unpaired) electrons. The summed E-state index contributed by atoms with van der Waals surface area (Å²) in [6.45, 7) is 0. The Balaban J connectivity index is 1.98. The number of alkyl halides is 3. The van der Waals surface area contributed by atoms with Gasteiger partial charge in [0.2, 0.25) is 5.89 Å². The molecule has 0 aliphatic carbocycles. The number of carbonyl (C=O) groups is 1. The molecule has 1 N–H and O–H groups in total. The minimum Gasteiger partial charge on any atom is -0.434 e. The molecule has 5 nitrogen and oxygen atoms in total. The van der Waals surface area contributed by atoms with E-state index < -0.39 is 12.1 Å². The molecule has 0 spiro atoms. The number of oxazole rings is 1. The number of fused-ring (bicyclic) bond motifs is 1. The van der Waals surface area contributed by atoms with E-state index in [1.807, 2.05) is 0 Å². The van der Waals surface area contributed by atoms with E-state index in [-0.39, 0.29) is 16.6 Å². The van der Waals surface area contributed by atoms with Crippen LogP contribution in [0.15, 0.2) is 40.9 Å². The fraction of sp³-hybridized carbons (Fsp3) is 0.0714. The molecular formula is C14H7ClF3N3O2. The van der Waals surface area contributed by atoms with Gasteiger partial charge >= 0.3 is 12.1 Å². The number of nitrogens with zero attached hydrogens (tertiary/aromatic N) is 2. The fourth-order valence-electron chi connectivity index (χ4n) is 1.84. The maximum Gasteiger partial charge on any atom is 0.471 e. The molecule has 0 fully saturated rings. The molecule has 0 bridgehead atoms. The second-order valence-corrected chi connectivity index (χ2v) is 4.90. The van der Waals surface area contributed by atoms with Gasteiger partial charge < -0.3 is 9.73 Å². The number of hydrogen-bond donors (Lipinski definition) is 1. The lowest BCUT2D eigenvalue weighted by Crippen LogP contribution is -2.30. The normalized spacial score (nSPS) is 11.7. The quantitative estimate of drug-likeness (QED) is 0.763. The van der Waals surface area contributed by atoms with E-state index in [9.17, 15) is 18.0 Å². The number of nitrogens with one attached hydrogen (secondary N) is 1. The second-order valence-electron chi connectivity index (χ2n) is 4.49. The van der Waals surface area contributed by atoms with Gasteiger partial charge in [-0.25, -0.2) is 4.98 Å². The zero-order chi connectivity index (χ0) is 16.6. The summed E-state index contributed by atoms with van der Waals surface area (Å²) in [5.74, 6) is -1.96. The van der Waals surface area contributed by atoms with Crippen molar-refractivity contribution in [2.75, 3.05) is 5.32 Å². The van der Waals surface area contributed by atoms with Gasteiger partial charge in [0.1, 0.15) is 0 Å². The Morgan fingerprint density at radius 1 is 1.26 bits per heavy atom. The SMILES string of the molecule is O=C(Nc1cc(-c2nc3ncccc3o2)ccc1Cl)C(F)(F)F. The molecule has 23 heavy (non-hydrogen) atoms. The first-order chi connectivity index (χ1) is 10.8. The molecular weight excluding hydrogens is 335 g/mol. The van der Waals surface area contributed by atoms with E-state index in [0.29, 0.717) is 16.8 Å². The van der Waals surface area contributed by atoms with E-state index >= 15 is 0 Å². The summed E-state index contributed by atoms with van der Waals surface area (Å²) in [4.78, 5) is 19.2. The van der Waals surface area contributed by atoms with Crippen molar-refractivity contribution < 1.29 is 22.4 Å². The molecule has 0 aliphatic rings. The first-order valence-corrected chi connectivity index (χ1v) is 6.62. The van der Waals surface area contributed by atoms with Gasteiger partial charge in [0, 0.05) is 11.8 Å². The van der Waals surface area contributed by atoms with E-state index in [2.05, 4.69) is 9.97 Å². The number of hydrogen-bond acceptors (Lipinski definition) is 4. The van der Waals surface area contributed by atoms with Gasteiger partial charge in [-0.15, -0.1) is 0 Å². The van der Waals surface area contributed by atoms with Crippen LogP contribution in [0.2, 0.25) is 5.02 Å². The number of rotatable bonds is 2. The van der Waals surface area contributed by atoms with E-state index in [4.69, 9.17) is 16.0 Å². The Hall–Kier alpha value is -2.61. The summed E-state index contributed by atoms with van der Waals surface area (Å²) in [7, 11) is 0. The molecule has 3 rings (SSSR count). The number of halogens is 4. The minimum absolute atomic E-state index is 0.0411. The topological polar surface area (TPSA) is 68.0 Å². The Kier molecular flexibility index (Phi) is 3.69. The Labute approximate surface area is 132 Å². The van der Waals surface area contributed by atoms with Crippen LogP contribution >= 0.6 is 11.6 Å². The van der Waals surface area contributed by atoms with Crippen LogP contribution in [0.5, 0.6) is 0 Å². The summed E-state index contributed by atoms with van der Waals surface area (Å²) in [5, 5.41) is 1.67. The maximum atomic E-state index is 12.3. The number of pyridine rings is 1. The van der Waals surface area contributed by atoms with Crippen LogP contribution in [0, 0.1) is 0 Å². The number of amides is 1. The molecule has 1 aromatic carbocycles. The molecule has 0 saturated heterocycles. The summed E-state index contributed by atoms with van der Waals surface area (Å²) < 4.78 is 42.5. The molecule has 3 aromatic rings. The van der Waals surface area contributed by atoms with Crippen molar-refractivity contribution in [1.82, 2.24) is 9.97 Å². The third-order valence-electron chi connectivity index (χ3n) is 2.88. The molecule has 0 saturated carbocycles. The molecule has 118 valence electrons. The third-order valence-corrected chi connectivity index (χ3v) is 3.21. The lowest BCUT2D eigenvalue weighted by atomic mass is 10.2. The van der Waals surface area contributed by atoms with Crippen molar-refractivity contribution in [2.45, 2.75) is 6.18 Å². The van der Waals surface area contributed by atoms with E-state index in [1.54, 1.807) is 17.4 Å². The fourth-order valence-corrected chi connectivity index (χ4v) is 2.00. The van der Waals surface area contributed by atoms with Gasteiger partial charge in [-0.3, -0.25) is 4.79 Å². The highest BCUT2D eigenvalue weighted by Crippen LogP contribution is 2.31. The highest BCUT2D eigenvalue weighted by atomic mass is 35.5. The van der Waals surface area contributed by atoms with Gasteiger partial charge in [0.25, 0.3) is 0 Å². The van der Waals surface area contributed by atoms with Gasteiger partial charge in [0.05, 0.1) is 10.7 Å². The summed E-state index contributed by atoms with van der Waals surface area (Å²) in [5.41, 5.74) is 0.947. The molecule has 0 atom stereocenters. The average molecular weight is 342 g/mol. The van der Waals surface area contributed by atoms with Crippen LogP contribution < -0.4 is 5.32 Å². The monoisotopic (exact) mass is 341 g/mol. The number of aromatic nitrogens is 2. The van der Waals surface area contributed by atoms with Crippen molar-refractivity contribution in [3.63, 3.8) is 0 Å². The van der Waals surface area contributed by atoms with Gasteiger partial charge in [-0.1, -0.05) is 11.6 Å². The van der Waals surface area contributed by atoms with Crippen LogP contribution in [-0.4, -0.2) is 22.1 Å². The van der Waals surface area contributed by atoms with Crippen molar-refractivity contribution in [2.24, 2.45) is 0 Å². The smallest absolute Gasteiger partial charge is 0.434 e. The highest BCUT2D eigenvalue weighted by Gasteiger charge is 2.39. The minimum atomic E-state index is -5.01.